The van der Waals surface area contributed by atoms with E-state index in [2.05, 4.69) is 11.8 Å². The van der Waals surface area contributed by atoms with Gasteiger partial charge in [-0.2, -0.15) is 5.26 Å². The molecule has 0 atom stereocenters. The molecular weight excluding hydrogens is 169 g/mol. The molecule has 2 nitrogen and oxygen atoms in total. The van der Waals surface area contributed by atoms with Crippen molar-refractivity contribution >= 4 is 0 Å². The van der Waals surface area contributed by atoms with Gasteiger partial charge in [0.15, 0.2) is 0 Å². The lowest BCUT2D eigenvalue weighted by molar-refractivity contribution is 0.350. The van der Waals surface area contributed by atoms with E-state index in [0.717, 1.165) is 0 Å². The summed E-state index contributed by atoms with van der Waals surface area (Å²) in [5.74, 6) is 4.43. The molecule has 64 valence electrons. The van der Waals surface area contributed by atoms with E-state index in [9.17, 15) is 4.39 Å². The largest absolute Gasteiger partial charge is 0.384 e. The predicted molar refractivity (Wildman–Crippen MR) is 45.1 cm³/mol. The summed E-state index contributed by atoms with van der Waals surface area (Å²) >= 11 is 0. The minimum Gasteiger partial charge on any atom is -0.384 e. The first kappa shape index (κ1) is 9.25. The van der Waals surface area contributed by atoms with Gasteiger partial charge < -0.3 is 5.11 Å². The number of hydrogen-bond donors (Lipinski definition) is 1. The molecule has 13 heavy (non-hydrogen) atoms. The molecule has 0 spiro atoms. The molecule has 1 aromatic rings. The van der Waals surface area contributed by atoms with Gasteiger partial charge in [-0.05, 0) is 18.2 Å². The van der Waals surface area contributed by atoms with Gasteiger partial charge in [-0.1, -0.05) is 11.8 Å². The van der Waals surface area contributed by atoms with E-state index >= 15 is 0 Å². The first-order chi connectivity index (χ1) is 6.27. The van der Waals surface area contributed by atoms with Crippen LogP contribution in [-0.4, -0.2) is 11.7 Å². The van der Waals surface area contributed by atoms with Gasteiger partial charge in [-0.3, -0.25) is 0 Å². The number of nitriles is 1. The number of rotatable bonds is 0. The molecule has 0 aliphatic heterocycles. The van der Waals surface area contributed by atoms with Crippen molar-refractivity contribution in [2.45, 2.75) is 0 Å². The minimum absolute atomic E-state index is 0.0373. The van der Waals surface area contributed by atoms with Crippen molar-refractivity contribution in [3.8, 4) is 17.9 Å². The Bertz CT molecular complexity index is 409. The average molecular weight is 175 g/mol. The van der Waals surface area contributed by atoms with Crippen LogP contribution in [0.2, 0.25) is 0 Å². The summed E-state index contributed by atoms with van der Waals surface area (Å²) in [5.41, 5.74) is 0.483. The van der Waals surface area contributed by atoms with Crippen LogP contribution in [-0.2, 0) is 0 Å². The maximum absolute atomic E-state index is 12.8. The molecule has 0 aromatic heterocycles. The summed E-state index contributed by atoms with van der Waals surface area (Å²) in [6.45, 7) is -0.251. The summed E-state index contributed by atoms with van der Waals surface area (Å²) in [7, 11) is 0. The average Bonchev–Trinajstić information content (AvgIpc) is 2.16. The van der Waals surface area contributed by atoms with E-state index in [4.69, 9.17) is 10.4 Å². The van der Waals surface area contributed by atoms with Gasteiger partial charge in [0.05, 0.1) is 5.56 Å². The molecule has 1 rings (SSSR count). The SMILES string of the molecule is N#Cc1cc(C#CCO)ccc1F. The van der Waals surface area contributed by atoms with E-state index in [-0.39, 0.29) is 12.2 Å². The van der Waals surface area contributed by atoms with Crippen LogP contribution in [0.3, 0.4) is 0 Å². The second kappa shape index (κ2) is 4.25. The van der Waals surface area contributed by atoms with Gasteiger partial charge in [0.2, 0.25) is 0 Å². The summed E-state index contributed by atoms with van der Waals surface area (Å²) in [4.78, 5) is 0. The fourth-order valence-corrected chi connectivity index (χ4v) is 0.830. The Kier molecular flexibility index (Phi) is 3.03. The van der Waals surface area contributed by atoms with Crippen molar-refractivity contribution in [3.63, 3.8) is 0 Å². The van der Waals surface area contributed by atoms with Crippen molar-refractivity contribution in [1.29, 1.82) is 5.26 Å². The molecule has 3 heteroatoms. The van der Waals surface area contributed by atoms with Crippen LogP contribution >= 0.6 is 0 Å². The Morgan fingerprint density at radius 1 is 1.46 bits per heavy atom. The van der Waals surface area contributed by atoms with Crippen LogP contribution in [0.5, 0.6) is 0 Å². The molecule has 1 aromatic carbocycles. The molecule has 1 N–H and O–H groups in total. The van der Waals surface area contributed by atoms with Crippen molar-refractivity contribution < 1.29 is 9.50 Å². The molecule has 0 amide bonds. The Morgan fingerprint density at radius 2 is 2.23 bits per heavy atom. The first-order valence-corrected chi connectivity index (χ1v) is 3.57. The Balaban J connectivity index is 3.08. The number of benzene rings is 1. The second-order valence-electron chi connectivity index (χ2n) is 2.27. The van der Waals surface area contributed by atoms with Crippen molar-refractivity contribution in [3.05, 3.63) is 35.1 Å². The van der Waals surface area contributed by atoms with Crippen LogP contribution in [0.25, 0.3) is 0 Å². The summed E-state index contributed by atoms with van der Waals surface area (Å²) in [6.07, 6.45) is 0. The zero-order chi connectivity index (χ0) is 9.68. The smallest absolute Gasteiger partial charge is 0.141 e. The number of aliphatic hydroxyl groups excluding tert-OH is 1. The number of nitrogens with zero attached hydrogens (tertiary/aromatic N) is 1. The summed E-state index contributed by atoms with van der Waals surface area (Å²) in [5, 5.41) is 16.9. The van der Waals surface area contributed by atoms with Crippen LogP contribution in [0, 0.1) is 29.0 Å². The van der Waals surface area contributed by atoms with Gasteiger partial charge >= 0.3 is 0 Å². The molecule has 0 fully saturated rings. The van der Waals surface area contributed by atoms with Crippen molar-refractivity contribution in [2.75, 3.05) is 6.61 Å². The van der Waals surface area contributed by atoms with Gasteiger partial charge in [-0.15, -0.1) is 0 Å². The summed E-state index contributed by atoms with van der Waals surface area (Å²) < 4.78 is 12.8. The molecule has 0 bridgehead atoms. The molecule has 0 heterocycles. The maximum Gasteiger partial charge on any atom is 0.141 e. The minimum atomic E-state index is -0.558. The van der Waals surface area contributed by atoms with Crippen molar-refractivity contribution in [2.24, 2.45) is 0 Å². The number of aliphatic hydroxyl groups is 1. The van der Waals surface area contributed by atoms with E-state index in [1.807, 2.05) is 0 Å². The van der Waals surface area contributed by atoms with E-state index in [1.54, 1.807) is 6.07 Å². The monoisotopic (exact) mass is 175 g/mol. The second-order valence-corrected chi connectivity index (χ2v) is 2.27. The molecule has 0 radical (unpaired) electrons. The fourth-order valence-electron chi connectivity index (χ4n) is 0.830. The normalized spacial score (nSPS) is 8.38. The van der Waals surface area contributed by atoms with Gasteiger partial charge in [0, 0.05) is 5.56 Å². The highest BCUT2D eigenvalue weighted by atomic mass is 19.1. The Morgan fingerprint density at radius 3 is 2.85 bits per heavy atom. The third-order valence-corrected chi connectivity index (χ3v) is 1.40. The number of halogens is 1. The molecular formula is C10H6FNO. The highest BCUT2D eigenvalue weighted by Gasteiger charge is 1.99. The standard InChI is InChI=1S/C10H6FNO/c11-10-4-3-8(2-1-5-13)6-9(10)7-12/h3-4,6,13H,5H2. The zero-order valence-corrected chi connectivity index (χ0v) is 6.71. The third-order valence-electron chi connectivity index (χ3n) is 1.40. The molecule has 0 aliphatic rings. The van der Waals surface area contributed by atoms with Gasteiger partial charge in [0.1, 0.15) is 18.5 Å². The van der Waals surface area contributed by atoms with E-state index in [1.165, 1.54) is 18.2 Å². The highest BCUT2D eigenvalue weighted by Crippen LogP contribution is 2.08. The van der Waals surface area contributed by atoms with Gasteiger partial charge in [0.25, 0.3) is 0 Å². The third kappa shape index (κ3) is 2.30. The molecule has 0 unspecified atom stereocenters. The zero-order valence-electron chi connectivity index (χ0n) is 6.71. The quantitative estimate of drug-likeness (QED) is 0.599. The van der Waals surface area contributed by atoms with E-state index < -0.39 is 5.82 Å². The highest BCUT2D eigenvalue weighted by molar-refractivity contribution is 5.42. The number of hydrogen-bond acceptors (Lipinski definition) is 2. The Labute approximate surface area is 75.2 Å². The van der Waals surface area contributed by atoms with Crippen LogP contribution in [0.4, 0.5) is 4.39 Å². The maximum atomic E-state index is 12.8. The first-order valence-electron chi connectivity index (χ1n) is 3.57. The topological polar surface area (TPSA) is 44.0 Å². The summed E-state index contributed by atoms with van der Waals surface area (Å²) in [6, 6.07) is 5.69. The lowest BCUT2D eigenvalue weighted by atomic mass is 10.1. The van der Waals surface area contributed by atoms with Gasteiger partial charge in [-0.25, -0.2) is 4.39 Å². The van der Waals surface area contributed by atoms with E-state index in [0.29, 0.717) is 5.56 Å². The Hall–Kier alpha value is -1.84. The van der Waals surface area contributed by atoms with Crippen LogP contribution in [0.15, 0.2) is 18.2 Å². The molecule has 0 saturated carbocycles. The lowest BCUT2D eigenvalue weighted by Gasteiger charge is -1.93. The fraction of sp³-hybridized carbons (Fsp3) is 0.100. The molecule has 0 aliphatic carbocycles. The van der Waals surface area contributed by atoms with Crippen molar-refractivity contribution in [1.82, 2.24) is 0 Å². The van der Waals surface area contributed by atoms with Crippen LogP contribution in [0.1, 0.15) is 11.1 Å². The lowest BCUT2D eigenvalue weighted by Crippen LogP contribution is -1.85. The predicted octanol–water partition coefficient (Wildman–Crippen LogP) is 1.04. The molecule has 0 saturated heterocycles. The van der Waals surface area contributed by atoms with Crippen LogP contribution < -0.4 is 0 Å².